The molecule has 3 heterocycles. The molecule has 166 valence electrons. The second-order valence-corrected chi connectivity index (χ2v) is 9.12. The second kappa shape index (κ2) is 8.15. The molecule has 2 aliphatic rings. The second-order valence-electron chi connectivity index (χ2n) is 9.12. The van der Waals surface area contributed by atoms with Gasteiger partial charge in [-0.25, -0.2) is 9.97 Å². The predicted molar refractivity (Wildman–Crippen MR) is 126 cm³/mol. The van der Waals surface area contributed by atoms with Crippen LogP contribution in [0.2, 0.25) is 0 Å². The van der Waals surface area contributed by atoms with Crippen LogP contribution >= 0.6 is 0 Å². The van der Waals surface area contributed by atoms with Crippen molar-refractivity contribution in [1.29, 1.82) is 0 Å². The Bertz CT molecular complexity index is 1140. The number of amides is 1. The van der Waals surface area contributed by atoms with E-state index in [0.29, 0.717) is 25.6 Å². The number of carbonyl (C=O) groups excluding carboxylic acids is 1. The fourth-order valence-corrected chi connectivity index (χ4v) is 4.94. The van der Waals surface area contributed by atoms with Gasteiger partial charge in [-0.1, -0.05) is 30.3 Å². The summed E-state index contributed by atoms with van der Waals surface area (Å²) in [5, 5.41) is 1.98. The lowest BCUT2D eigenvalue weighted by atomic mass is 9.87. The number of hydrogen-bond acceptors (Lipinski definition) is 6. The Morgan fingerprint density at radius 1 is 1.09 bits per heavy atom. The molecule has 2 aliphatic heterocycles. The molecule has 7 nitrogen and oxygen atoms in total. The lowest BCUT2D eigenvalue weighted by Crippen LogP contribution is -2.46. The molecule has 2 fully saturated rings. The fraction of sp³-hybridized carbons (Fsp3) is 0.400. The topological polar surface area (TPSA) is 84.6 Å². The van der Waals surface area contributed by atoms with Crippen molar-refractivity contribution in [2.24, 2.45) is 5.73 Å². The molecule has 0 bridgehead atoms. The maximum absolute atomic E-state index is 13.5. The van der Waals surface area contributed by atoms with Gasteiger partial charge in [-0.15, -0.1) is 0 Å². The summed E-state index contributed by atoms with van der Waals surface area (Å²) in [5.74, 6) is 0.740. The van der Waals surface area contributed by atoms with Crippen LogP contribution in [0.25, 0.3) is 21.9 Å². The Kier molecular flexibility index (Phi) is 5.31. The van der Waals surface area contributed by atoms with Crippen molar-refractivity contribution in [2.45, 2.75) is 30.9 Å². The zero-order valence-electron chi connectivity index (χ0n) is 18.6. The van der Waals surface area contributed by atoms with E-state index in [9.17, 15) is 4.79 Å². The number of aromatic nitrogens is 2. The Hall–Kier alpha value is -3.03. The van der Waals surface area contributed by atoms with Crippen molar-refractivity contribution < 1.29 is 9.53 Å². The molecule has 0 saturated carbocycles. The number of carbonyl (C=O) groups is 1. The number of anilines is 1. The number of likely N-dealkylation sites (tertiary alicyclic amines) is 1. The number of nitrogens with two attached hydrogens (primary N) is 1. The van der Waals surface area contributed by atoms with E-state index in [1.165, 1.54) is 0 Å². The molecule has 5 rings (SSSR count). The molecule has 1 spiro atoms. The Morgan fingerprint density at radius 3 is 2.41 bits per heavy atom. The molecular weight excluding hydrogens is 402 g/mol. The van der Waals surface area contributed by atoms with Crippen LogP contribution in [0.3, 0.4) is 0 Å². The summed E-state index contributed by atoms with van der Waals surface area (Å²) in [6.07, 6.45) is 6.25. The monoisotopic (exact) mass is 431 g/mol. The third-order valence-corrected chi connectivity index (χ3v) is 6.70. The predicted octanol–water partition coefficient (Wildman–Crippen LogP) is 3.09. The van der Waals surface area contributed by atoms with E-state index in [0.717, 1.165) is 46.7 Å². The van der Waals surface area contributed by atoms with E-state index in [2.05, 4.69) is 16.0 Å². The zero-order chi connectivity index (χ0) is 22.3. The normalized spacial score (nSPS) is 20.1. The summed E-state index contributed by atoms with van der Waals surface area (Å²) in [4.78, 5) is 26.2. The van der Waals surface area contributed by atoms with Gasteiger partial charge in [0, 0.05) is 56.7 Å². The van der Waals surface area contributed by atoms with Crippen LogP contribution in [-0.2, 0) is 4.74 Å². The molecule has 0 aliphatic carbocycles. The molecule has 1 unspecified atom stereocenters. The van der Waals surface area contributed by atoms with Crippen LogP contribution in [0.4, 0.5) is 5.95 Å². The van der Waals surface area contributed by atoms with Gasteiger partial charge in [0.05, 0.1) is 12.2 Å². The van der Waals surface area contributed by atoms with Crippen LogP contribution in [0.15, 0.2) is 48.8 Å². The average Bonchev–Trinajstić information content (AvgIpc) is 3.18. The molecule has 2 saturated heterocycles. The molecule has 1 aromatic heterocycles. The summed E-state index contributed by atoms with van der Waals surface area (Å²) in [5.41, 5.74) is 8.60. The third kappa shape index (κ3) is 3.72. The van der Waals surface area contributed by atoms with Crippen molar-refractivity contribution in [3.8, 4) is 11.1 Å². The summed E-state index contributed by atoms with van der Waals surface area (Å²) in [6, 6.07) is 12.1. The van der Waals surface area contributed by atoms with Crippen molar-refractivity contribution in [3.05, 3.63) is 54.4 Å². The number of benzene rings is 2. The maximum atomic E-state index is 13.5. The third-order valence-electron chi connectivity index (χ3n) is 6.70. The van der Waals surface area contributed by atoms with E-state index in [4.69, 9.17) is 10.5 Å². The van der Waals surface area contributed by atoms with Crippen molar-refractivity contribution in [1.82, 2.24) is 14.9 Å². The van der Waals surface area contributed by atoms with Gasteiger partial charge in [0.15, 0.2) is 0 Å². The highest BCUT2D eigenvalue weighted by molar-refractivity contribution is 6.10. The van der Waals surface area contributed by atoms with Gasteiger partial charge in [0.25, 0.3) is 5.91 Å². The van der Waals surface area contributed by atoms with E-state index >= 15 is 0 Å². The number of piperidine rings is 1. The van der Waals surface area contributed by atoms with Crippen LogP contribution in [0.1, 0.15) is 29.6 Å². The van der Waals surface area contributed by atoms with Crippen molar-refractivity contribution in [3.63, 3.8) is 0 Å². The number of rotatable bonds is 3. The minimum Gasteiger partial charge on any atom is -0.373 e. The highest BCUT2D eigenvalue weighted by Crippen LogP contribution is 2.36. The summed E-state index contributed by atoms with van der Waals surface area (Å²) in [6.45, 7) is 2.02. The lowest BCUT2D eigenvalue weighted by Gasteiger charge is -2.38. The van der Waals surface area contributed by atoms with Crippen LogP contribution in [0, 0.1) is 0 Å². The van der Waals surface area contributed by atoms with Crippen LogP contribution in [-0.4, -0.2) is 66.2 Å². The lowest BCUT2D eigenvalue weighted by molar-refractivity contribution is -0.0388. The van der Waals surface area contributed by atoms with Crippen LogP contribution < -0.4 is 10.6 Å². The highest BCUT2D eigenvalue weighted by Gasteiger charge is 2.42. The first kappa shape index (κ1) is 20.8. The van der Waals surface area contributed by atoms with E-state index < -0.39 is 0 Å². The van der Waals surface area contributed by atoms with E-state index in [1.54, 1.807) is 0 Å². The van der Waals surface area contributed by atoms with Gasteiger partial charge in [-0.2, -0.15) is 0 Å². The first-order chi connectivity index (χ1) is 15.5. The number of ether oxygens (including phenoxy) is 1. The Balaban J connectivity index is 1.43. The van der Waals surface area contributed by atoms with Gasteiger partial charge in [0.2, 0.25) is 5.95 Å². The molecule has 1 amide bonds. The standard InChI is InChI=1S/C25H29N5O2/c1-29(2)24-27-14-17(15-28-24)19-7-8-22(21-6-4-3-5-20(19)21)23(31)30-11-9-25(10-12-30)13-18(26)16-32-25/h3-8,14-15,18H,9-13,16,26H2,1-2H3. The first-order valence-electron chi connectivity index (χ1n) is 11.2. The smallest absolute Gasteiger partial charge is 0.254 e. The average molecular weight is 432 g/mol. The molecule has 32 heavy (non-hydrogen) atoms. The van der Waals surface area contributed by atoms with Gasteiger partial charge in [-0.05, 0) is 41.7 Å². The number of hydrogen-bond donors (Lipinski definition) is 1. The zero-order valence-corrected chi connectivity index (χ0v) is 18.6. The number of fused-ring (bicyclic) bond motifs is 1. The summed E-state index contributed by atoms with van der Waals surface area (Å²) in [7, 11) is 3.83. The fourth-order valence-electron chi connectivity index (χ4n) is 4.94. The Labute approximate surface area is 188 Å². The van der Waals surface area contributed by atoms with Gasteiger partial charge in [0.1, 0.15) is 0 Å². The molecule has 2 aromatic carbocycles. The van der Waals surface area contributed by atoms with Gasteiger partial charge >= 0.3 is 0 Å². The largest absolute Gasteiger partial charge is 0.373 e. The van der Waals surface area contributed by atoms with E-state index in [-0.39, 0.29) is 17.6 Å². The van der Waals surface area contributed by atoms with E-state index in [1.807, 2.05) is 66.6 Å². The van der Waals surface area contributed by atoms with Crippen molar-refractivity contribution in [2.75, 3.05) is 38.7 Å². The summed E-state index contributed by atoms with van der Waals surface area (Å²) < 4.78 is 6.01. The highest BCUT2D eigenvalue weighted by atomic mass is 16.5. The molecule has 2 N–H and O–H groups in total. The van der Waals surface area contributed by atoms with Gasteiger partial charge in [-0.3, -0.25) is 4.79 Å². The van der Waals surface area contributed by atoms with Crippen molar-refractivity contribution >= 4 is 22.6 Å². The SMILES string of the molecule is CN(C)c1ncc(-c2ccc(C(=O)N3CCC4(CC3)CC(N)CO4)c3ccccc23)cn1. The molecule has 1 atom stereocenters. The molecule has 0 radical (unpaired) electrons. The maximum Gasteiger partial charge on any atom is 0.254 e. The quantitative estimate of drug-likeness (QED) is 0.686. The number of nitrogens with zero attached hydrogens (tertiary/aromatic N) is 4. The Morgan fingerprint density at radius 2 is 1.78 bits per heavy atom. The molecular formula is C25H29N5O2. The minimum atomic E-state index is -0.138. The molecule has 7 heteroatoms. The van der Waals surface area contributed by atoms with Gasteiger partial charge < -0.3 is 20.3 Å². The first-order valence-corrected chi connectivity index (χ1v) is 11.2. The summed E-state index contributed by atoms with van der Waals surface area (Å²) >= 11 is 0. The minimum absolute atomic E-state index is 0.0732. The molecule has 3 aromatic rings. The van der Waals surface area contributed by atoms with Crippen LogP contribution in [0.5, 0.6) is 0 Å².